The Labute approximate surface area is 111 Å². The molecule has 0 spiro atoms. The maximum absolute atomic E-state index is 12.0. The number of carboxylic acids is 1. The number of likely N-dealkylation sites (tertiary alicyclic amines) is 1. The summed E-state index contributed by atoms with van der Waals surface area (Å²) >= 11 is 0. The summed E-state index contributed by atoms with van der Waals surface area (Å²) in [6, 6.07) is 7.32. The minimum absolute atomic E-state index is 0.0195. The summed E-state index contributed by atoms with van der Waals surface area (Å²) in [4.78, 5) is 24.5. The smallest absolute Gasteiger partial charge is 0.308 e. The van der Waals surface area contributed by atoms with E-state index in [4.69, 9.17) is 9.84 Å². The molecule has 0 aliphatic carbocycles. The van der Waals surface area contributed by atoms with Crippen LogP contribution < -0.4 is 4.74 Å². The van der Waals surface area contributed by atoms with Gasteiger partial charge in [-0.3, -0.25) is 9.59 Å². The molecule has 1 amide bonds. The standard InChI is InChI=1S/C14H17NO4/c1-19-12-4-2-10(3-5-12)8-13(16)15-7-6-11(9-15)14(17)18/h2-5,11H,6-9H2,1H3,(H,17,18)/t11-/m1/s1. The number of methoxy groups -OCH3 is 1. The first-order chi connectivity index (χ1) is 9.10. The second-order valence-corrected chi connectivity index (χ2v) is 4.69. The zero-order chi connectivity index (χ0) is 13.8. The van der Waals surface area contributed by atoms with Crippen molar-refractivity contribution < 1.29 is 19.4 Å². The van der Waals surface area contributed by atoms with E-state index in [1.165, 1.54) is 0 Å². The van der Waals surface area contributed by atoms with Gasteiger partial charge in [0.15, 0.2) is 0 Å². The zero-order valence-corrected chi connectivity index (χ0v) is 10.8. The first kappa shape index (κ1) is 13.4. The highest BCUT2D eigenvalue weighted by Gasteiger charge is 2.30. The lowest BCUT2D eigenvalue weighted by atomic mass is 10.1. The van der Waals surface area contributed by atoms with Crippen LogP contribution in [0.2, 0.25) is 0 Å². The first-order valence-corrected chi connectivity index (χ1v) is 6.23. The van der Waals surface area contributed by atoms with E-state index in [0.717, 1.165) is 11.3 Å². The van der Waals surface area contributed by atoms with Gasteiger partial charge in [-0.1, -0.05) is 12.1 Å². The Bertz CT molecular complexity index is 469. The van der Waals surface area contributed by atoms with Gasteiger partial charge in [-0.25, -0.2) is 0 Å². The second kappa shape index (κ2) is 5.73. The minimum atomic E-state index is -0.820. The third kappa shape index (κ3) is 3.24. The summed E-state index contributed by atoms with van der Waals surface area (Å²) in [5.74, 6) is -0.503. The molecule has 1 saturated heterocycles. The van der Waals surface area contributed by atoms with E-state index in [2.05, 4.69) is 0 Å². The van der Waals surface area contributed by atoms with Crippen LogP contribution in [0.25, 0.3) is 0 Å². The number of rotatable bonds is 4. The van der Waals surface area contributed by atoms with Crippen molar-refractivity contribution in [1.82, 2.24) is 4.90 Å². The fourth-order valence-electron chi connectivity index (χ4n) is 2.22. The third-order valence-electron chi connectivity index (χ3n) is 3.40. The summed E-state index contributed by atoms with van der Waals surface area (Å²) in [5.41, 5.74) is 0.907. The largest absolute Gasteiger partial charge is 0.497 e. The Hall–Kier alpha value is -2.04. The van der Waals surface area contributed by atoms with Crippen LogP contribution in [0.1, 0.15) is 12.0 Å². The molecular formula is C14H17NO4. The van der Waals surface area contributed by atoms with E-state index in [-0.39, 0.29) is 5.91 Å². The van der Waals surface area contributed by atoms with Gasteiger partial charge in [-0.2, -0.15) is 0 Å². The van der Waals surface area contributed by atoms with Crippen molar-refractivity contribution in [3.8, 4) is 5.75 Å². The number of benzene rings is 1. The topological polar surface area (TPSA) is 66.8 Å². The molecule has 19 heavy (non-hydrogen) atoms. The Morgan fingerprint density at radius 2 is 2.05 bits per heavy atom. The minimum Gasteiger partial charge on any atom is -0.497 e. The quantitative estimate of drug-likeness (QED) is 0.885. The van der Waals surface area contributed by atoms with Gasteiger partial charge in [0.25, 0.3) is 0 Å². The highest BCUT2D eigenvalue weighted by Crippen LogP contribution is 2.18. The van der Waals surface area contributed by atoms with Crippen LogP contribution in [0.3, 0.4) is 0 Å². The summed E-state index contributed by atoms with van der Waals surface area (Å²) in [6.07, 6.45) is 0.847. The monoisotopic (exact) mass is 263 g/mol. The fraction of sp³-hybridized carbons (Fsp3) is 0.429. The van der Waals surface area contributed by atoms with Crippen molar-refractivity contribution in [1.29, 1.82) is 0 Å². The van der Waals surface area contributed by atoms with E-state index in [1.807, 2.05) is 24.3 Å². The number of carbonyl (C=O) groups excluding carboxylic acids is 1. The van der Waals surface area contributed by atoms with E-state index in [9.17, 15) is 9.59 Å². The third-order valence-corrected chi connectivity index (χ3v) is 3.40. The van der Waals surface area contributed by atoms with E-state index >= 15 is 0 Å². The molecule has 102 valence electrons. The molecule has 1 atom stereocenters. The lowest BCUT2D eigenvalue weighted by Gasteiger charge is -2.15. The lowest BCUT2D eigenvalue weighted by Crippen LogP contribution is -2.31. The number of carbonyl (C=O) groups is 2. The van der Waals surface area contributed by atoms with Crippen molar-refractivity contribution in [2.45, 2.75) is 12.8 Å². The highest BCUT2D eigenvalue weighted by molar-refractivity contribution is 5.80. The second-order valence-electron chi connectivity index (χ2n) is 4.69. The van der Waals surface area contributed by atoms with Crippen LogP contribution in [0.4, 0.5) is 0 Å². The van der Waals surface area contributed by atoms with Crippen LogP contribution in [-0.4, -0.2) is 42.1 Å². The predicted octanol–water partition coefficient (Wildman–Crippen LogP) is 1.17. The Morgan fingerprint density at radius 1 is 1.37 bits per heavy atom. The van der Waals surface area contributed by atoms with E-state index in [0.29, 0.717) is 25.9 Å². The maximum atomic E-state index is 12.0. The molecule has 0 aromatic heterocycles. The summed E-state index contributed by atoms with van der Waals surface area (Å²) < 4.78 is 5.05. The fourth-order valence-corrected chi connectivity index (χ4v) is 2.22. The molecule has 0 unspecified atom stereocenters. The Morgan fingerprint density at radius 3 is 2.58 bits per heavy atom. The summed E-state index contributed by atoms with van der Waals surface area (Å²) in [6.45, 7) is 0.857. The number of nitrogens with zero attached hydrogens (tertiary/aromatic N) is 1. The van der Waals surface area contributed by atoms with E-state index < -0.39 is 11.9 Å². The predicted molar refractivity (Wildman–Crippen MR) is 69.0 cm³/mol. The average molecular weight is 263 g/mol. The molecule has 0 radical (unpaired) electrons. The number of carboxylic acid groups (broad SMARTS) is 1. The molecule has 1 aliphatic rings. The molecule has 1 N–H and O–H groups in total. The SMILES string of the molecule is COc1ccc(CC(=O)N2CC[C@@H](C(=O)O)C2)cc1. The summed E-state index contributed by atoms with van der Waals surface area (Å²) in [7, 11) is 1.59. The number of aliphatic carboxylic acids is 1. The van der Waals surface area contributed by atoms with Crippen molar-refractivity contribution >= 4 is 11.9 Å². The normalized spacial score (nSPS) is 18.4. The molecule has 1 aliphatic heterocycles. The van der Waals surface area contributed by atoms with Gasteiger partial charge >= 0.3 is 5.97 Å². The molecule has 1 fully saturated rings. The van der Waals surface area contributed by atoms with Gasteiger partial charge in [0, 0.05) is 13.1 Å². The van der Waals surface area contributed by atoms with Gasteiger partial charge in [0.2, 0.25) is 5.91 Å². The molecule has 2 rings (SSSR count). The maximum Gasteiger partial charge on any atom is 0.308 e. The summed E-state index contributed by atoms with van der Waals surface area (Å²) in [5, 5.41) is 8.91. The van der Waals surface area contributed by atoms with E-state index in [1.54, 1.807) is 12.0 Å². The van der Waals surface area contributed by atoms with Gasteiger partial charge in [-0.05, 0) is 24.1 Å². The molecule has 5 heteroatoms. The van der Waals surface area contributed by atoms with Crippen molar-refractivity contribution in [2.75, 3.05) is 20.2 Å². The van der Waals surface area contributed by atoms with Crippen molar-refractivity contribution in [3.63, 3.8) is 0 Å². The molecule has 0 bridgehead atoms. The molecule has 5 nitrogen and oxygen atoms in total. The highest BCUT2D eigenvalue weighted by atomic mass is 16.5. The average Bonchev–Trinajstić information content (AvgIpc) is 2.89. The number of hydrogen-bond acceptors (Lipinski definition) is 3. The van der Waals surface area contributed by atoms with Crippen molar-refractivity contribution in [3.05, 3.63) is 29.8 Å². The van der Waals surface area contributed by atoms with Crippen LogP contribution in [0.15, 0.2) is 24.3 Å². The van der Waals surface area contributed by atoms with Crippen LogP contribution in [-0.2, 0) is 16.0 Å². The zero-order valence-electron chi connectivity index (χ0n) is 10.8. The number of amides is 1. The van der Waals surface area contributed by atoms with Gasteiger partial charge < -0.3 is 14.7 Å². The van der Waals surface area contributed by atoms with Gasteiger partial charge in [-0.15, -0.1) is 0 Å². The molecule has 0 saturated carbocycles. The molecule has 1 aromatic carbocycles. The molecular weight excluding hydrogens is 246 g/mol. The van der Waals surface area contributed by atoms with Crippen LogP contribution in [0.5, 0.6) is 5.75 Å². The molecule has 1 heterocycles. The Balaban J connectivity index is 1.92. The van der Waals surface area contributed by atoms with Gasteiger partial charge in [0.1, 0.15) is 5.75 Å². The van der Waals surface area contributed by atoms with Crippen LogP contribution >= 0.6 is 0 Å². The van der Waals surface area contributed by atoms with Crippen LogP contribution in [0, 0.1) is 5.92 Å². The number of ether oxygens (including phenoxy) is 1. The lowest BCUT2D eigenvalue weighted by molar-refractivity contribution is -0.141. The number of hydrogen-bond donors (Lipinski definition) is 1. The van der Waals surface area contributed by atoms with Crippen molar-refractivity contribution in [2.24, 2.45) is 5.92 Å². The molecule has 1 aromatic rings. The Kier molecular flexibility index (Phi) is 4.04. The first-order valence-electron chi connectivity index (χ1n) is 6.23. The van der Waals surface area contributed by atoms with Gasteiger partial charge in [0.05, 0.1) is 19.4 Å².